The molecule has 0 aromatic heterocycles. The number of benzene rings is 1. The SMILES string of the molecule is CC(C1=CC(C(F)(F)F)=CC(C(F)(F)F)C1)N(C)C(=O)N1CCC2CN(C3=CC(O)CC3)CC2[C@@H]1Cc1ccc(F)cc1. The highest BCUT2D eigenvalue weighted by molar-refractivity contribution is 5.75. The maximum atomic E-state index is 14.0. The van der Waals surface area contributed by atoms with Gasteiger partial charge in [0.15, 0.2) is 0 Å². The van der Waals surface area contributed by atoms with Crippen LogP contribution in [0.25, 0.3) is 0 Å². The van der Waals surface area contributed by atoms with E-state index < -0.39 is 54.3 Å². The molecule has 5 nitrogen and oxygen atoms in total. The van der Waals surface area contributed by atoms with Crippen LogP contribution in [0.15, 0.2) is 59.3 Å². The summed E-state index contributed by atoms with van der Waals surface area (Å²) < 4.78 is 95.1. The number of halogens is 7. The van der Waals surface area contributed by atoms with E-state index in [1.54, 1.807) is 17.0 Å². The molecular weight excluding hydrogens is 579 g/mol. The van der Waals surface area contributed by atoms with Gasteiger partial charge < -0.3 is 19.8 Å². The van der Waals surface area contributed by atoms with Crippen molar-refractivity contribution in [2.24, 2.45) is 17.8 Å². The first kappa shape index (κ1) is 31.4. The van der Waals surface area contributed by atoms with E-state index in [1.165, 1.54) is 31.0 Å². The normalized spacial score (nSPS) is 28.7. The molecule has 0 bridgehead atoms. The first-order chi connectivity index (χ1) is 20.1. The minimum absolute atomic E-state index is 0.0355. The zero-order chi connectivity index (χ0) is 31.3. The third-order valence-electron chi connectivity index (χ3n) is 9.56. The quantitative estimate of drug-likeness (QED) is 0.387. The van der Waals surface area contributed by atoms with Crippen LogP contribution in [0, 0.1) is 23.6 Å². The summed E-state index contributed by atoms with van der Waals surface area (Å²) in [6.45, 7) is 3.25. The van der Waals surface area contributed by atoms with Gasteiger partial charge in [0, 0.05) is 44.3 Å². The maximum Gasteiger partial charge on any atom is 0.416 e. The van der Waals surface area contributed by atoms with E-state index in [9.17, 15) is 40.6 Å². The lowest BCUT2D eigenvalue weighted by Crippen LogP contribution is -2.57. The number of hydrogen-bond donors (Lipinski definition) is 1. The van der Waals surface area contributed by atoms with Crippen molar-refractivity contribution in [1.29, 1.82) is 0 Å². The van der Waals surface area contributed by atoms with Crippen molar-refractivity contribution in [3.05, 3.63) is 70.7 Å². The van der Waals surface area contributed by atoms with Gasteiger partial charge >= 0.3 is 18.4 Å². The van der Waals surface area contributed by atoms with E-state index in [1.807, 2.05) is 6.08 Å². The predicted molar refractivity (Wildman–Crippen MR) is 146 cm³/mol. The third kappa shape index (κ3) is 6.73. The fourth-order valence-corrected chi connectivity index (χ4v) is 7.01. The smallest absolute Gasteiger partial charge is 0.389 e. The summed E-state index contributed by atoms with van der Waals surface area (Å²) in [4.78, 5) is 19.2. The van der Waals surface area contributed by atoms with Gasteiger partial charge in [-0.1, -0.05) is 18.2 Å². The average molecular weight is 616 g/mol. The maximum absolute atomic E-state index is 14.0. The molecule has 6 atom stereocenters. The Hall–Kier alpha value is -3.02. The van der Waals surface area contributed by atoms with Crippen molar-refractivity contribution in [2.45, 2.75) is 69.6 Å². The molecule has 2 fully saturated rings. The summed E-state index contributed by atoms with van der Waals surface area (Å²) in [5, 5.41) is 10.0. The van der Waals surface area contributed by atoms with E-state index in [0.717, 1.165) is 30.3 Å². The molecule has 1 aromatic rings. The van der Waals surface area contributed by atoms with E-state index in [2.05, 4.69) is 4.90 Å². The van der Waals surface area contributed by atoms with Gasteiger partial charge in [0.05, 0.1) is 23.6 Å². The number of piperidine rings is 1. The second kappa shape index (κ2) is 11.8. The number of alkyl halides is 6. The Kier molecular flexibility index (Phi) is 8.63. The van der Waals surface area contributed by atoms with Crippen molar-refractivity contribution >= 4 is 6.03 Å². The van der Waals surface area contributed by atoms with E-state index >= 15 is 0 Å². The van der Waals surface area contributed by atoms with Crippen molar-refractivity contribution in [2.75, 3.05) is 26.7 Å². The van der Waals surface area contributed by atoms with Crippen LogP contribution < -0.4 is 0 Å². The Morgan fingerprint density at radius 1 is 1.07 bits per heavy atom. The lowest BCUT2D eigenvalue weighted by molar-refractivity contribution is -0.162. The molecule has 2 heterocycles. The van der Waals surface area contributed by atoms with Gasteiger partial charge in [-0.15, -0.1) is 0 Å². The summed E-state index contributed by atoms with van der Waals surface area (Å²) in [6.07, 6.45) is -5.64. The monoisotopic (exact) mass is 615 g/mol. The molecule has 5 rings (SSSR count). The average Bonchev–Trinajstić information content (AvgIpc) is 3.58. The van der Waals surface area contributed by atoms with Crippen molar-refractivity contribution < 1.29 is 40.6 Å². The molecule has 2 aliphatic heterocycles. The van der Waals surface area contributed by atoms with Gasteiger partial charge in [-0.05, 0) is 80.4 Å². The number of hydrogen-bond acceptors (Lipinski definition) is 3. The molecule has 236 valence electrons. The lowest BCUT2D eigenvalue weighted by Gasteiger charge is -2.45. The van der Waals surface area contributed by atoms with Crippen molar-refractivity contribution in [3.8, 4) is 0 Å². The van der Waals surface area contributed by atoms with E-state index in [0.29, 0.717) is 32.4 Å². The fourth-order valence-electron chi connectivity index (χ4n) is 7.01. The zero-order valence-corrected chi connectivity index (χ0v) is 24.0. The highest BCUT2D eigenvalue weighted by Crippen LogP contribution is 2.43. The molecule has 4 aliphatic rings. The summed E-state index contributed by atoms with van der Waals surface area (Å²) in [5.74, 6) is -2.40. The van der Waals surface area contributed by atoms with Crippen LogP contribution >= 0.6 is 0 Å². The predicted octanol–water partition coefficient (Wildman–Crippen LogP) is 6.47. The van der Waals surface area contributed by atoms with Gasteiger partial charge in [0.2, 0.25) is 0 Å². The minimum Gasteiger partial charge on any atom is -0.389 e. The van der Waals surface area contributed by atoms with Gasteiger partial charge in [-0.2, -0.15) is 26.3 Å². The lowest BCUT2D eigenvalue weighted by atomic mass is 9.79. The highest BCUT2D eigenvalue weighted by Gasteiger charge is 2.48. The Bertz CT molecular complexity index is 1290. The number of allylic oxidation sites excluding steroid dienone is 4. The molecular formula is C31H36F7N3O2. The first-order valence-corrected chi connectivity index (χ1v) is 14.6. The standard InChI is InChI=1S/C31H36F7N3O2/c1-18(21-12-22(30(33,34)35)14-23(13-21)31(36,37)38)39(2)29(43)41-10-9-20-16-40(25-7-8-26(42)15-25)17-27(20)28(41)11-19-3-5-24(32)6-4-19/h3-6,12,14-15,18,20,23,26-28,42H,7-11,13,16-17H2,1-2H3/t18?,20?,23?,26?,27?,28-/m0/s1. The van der Waals surface area contributed by atoms with E-state index in [4.69, 9.17) is 0 Å². The molecule has 0 spiro atoms. The first-order valence-electron chi connectivity index (χ1n) is 14.6. The summed E-state index contributed by atoms with van der Waals surface area (Å²) in [6, 6.07) is 4.20. The van der Waals surface area contributed by atoms with Crippen molar-refractivity contribution in [3.63, 3.8) is 0 Å². The van der Waals surface area contributed by atoms with Gasteiger partial charge in [-0.3, -0.25) is 0 Å². The Morgan fingerprint density at radius 3 is 2.37 bits per heavy atom. The van der Waals surface area contributed by atoms with Crippen molar-refractivity contribution in [1.82, 2.24) is 14.7 Å². The molecule has 1 aromatic carbocycles. The number of urea groups is 1. The summed E-state index contributed by atoms with van der Waals surface area (Å²) in [5.41, 5.74) is 0.411. The molecule has 5 unspecified atom stereocenters. The topological polar surface area (TPSA) is 47.0 Å². The van der Waals surface area contributed by atoms with Crippen LogP contribution in [0.5, 0.6) is 0 Å². The Morgan fingerprint density at radius 2 is 1.77 bits per heavy atom. The van der Waals surface area contributed by atoms with Crippen LogP contribution in [0.3, 0.4) is 0 Å². The molecule has 0 saturated carbocycles. The van der Waals surface area contributed by atoms with Crippen LogP contribution in [0.1, 0.15) is 38.2 Å². The number of likely N-dealkylation sites (N-methyl/N-ethyl adjacent to an activating group) is 1. The Labute approximate surface area is 246 Å². The van der Waals surface area contributed by atoms with Gasteiger partial charge in [0.1, 0.15) is 5.82 Å². The fraction of sp³-hybridized carbons (Fsp3) is 0.581. The highest BCUT2D eigenvalue weighted by atomic mass is 19.4. The number of nitrogens with zero attached hydrogens (tertiary/aromatic N) is 3. The largest absolute Gasteiger partial charge is 0.416 e. The molecule has 2 amide bonds. The zero-order valence-electron chi connectivity index (χ0n) is 24.0. The molecule has 2 aliphatic carbocycles. The van der Waals surface area contributed by atoms with Crippen LogP contribution in [-0.4, -0.2) is 83.1 Å². The number of amides is 2. The van der Waals surface area contributed by atoms with Gasteiger partial charge in [0.25, 0.3) is 0 Å². The second-order valence-electron chi connectivity index (χ2n) is 12.2. The third-order valence-corrected chi connectivity index (χ3v) is 9.56. The Balaban J connectivity index is 1.40. The molecule has 2 saturated heterocycles. The number of aliphatic hydroxyl groups is 1. The van der Waals surface area contributed by atoms with Gasteiger partial charge in [-0.25, -0.2) is 9.18 Å². The van der Waals surface area contributed by atoms with Crippen LogP contribution in [-0.2, 0) is 6.42 Å². The molecule has 0 radical (unpaired) electrons. The van der Waals surface area contributed by atoms with E-state index in [-0.39, 0.29) is 29.5 Å². The number of carbonyl (C=O) groups is 1. The molecule has 43 heavy (non-hydrogen) atoms. The molecule has 12 heteroatoms. The van der Waals surface area contributed by atoms with Crippen LogP contribution in [0.4, 0.5) is 35.5 Å². The number of carbonyl (C=O) groups excluding carboxylic acids is 1. The molecule has 1 N–H and O–H groups in total. The number of fused-ring (bicyclic) bond motifs is 1. The summed E-state index contributed by atoms with van der Waals surface area (Å²) in [7, 11) is 1.41. The summed E-state index contributed by atoms with van der Waals surface area (Å²) >= 11 is 0. The number of rotatable bonds is 5. The number of aliphatic hydroxyl groups excluding tert-OH is 1. The van der Waals surface area contributed by atoms with Crippen LogP contribution in [0.2, 0.25) is 0 Å². The number of likely N-dealkylation sites (tertiary alicyclic amines) is 2. The second-order valence-corrected chi connectivity index (χ2v) is 12.2. The minimum atomic E-state index is -4.96.